The number of aliphatic hydroxyl groups is 1. The number of nitrogens with zero attached hydrogens (tertiary/aromatic N) is 2. The first kappa shape index (κ1) is 16.9. The zero-order chi connectivity index (χ0) is 16.9. The van der Waals surface area contributed by atoms with Gasteiger partial charge in [-0.1, -0.05) is 12.1 Å². The fourth-order valence-corrected chi connectivity index (χ4v) is 4.01. The molecular formula is C18H22N2O3S. The van der Waals surface area contributed by atoms with Crippen molar-refractivity contribution in [3.63, 3.8) is 0 Å². The molecule has 1 aliphatic heterocycles. The molecule has 1 atom stereocenters. The molecular weight excluding hydrogens is 324 g/mol. The summed E-state index contributed by atoms with van der Waals surface area (Å²) >= 11 is 0. The van der Waals surface area contributed by atoms with Gasteiger partial charge in [0.1, 0.15) is 5.75 Å². The summed E-state index contributed by atoms with van der Waals surface area (Å²) in [4.78, 5) is 13.9. The highest BCUT2D eigenvalue weighted by molar-refractivity contribution is 7.84. The normalized spacial score (nSPS) is 17.0. The maximum Gasteiger partial charge on any atom is 0.235 e. The number of carbonyl (C=O) groups excluding carboxylic acids is 1. The Labute approximate surface area is 144 Å². The van der Waals surface area contributed by atoms with Crippen molar-refractivity contribution in [2.24, 2.45) is 0 Å². The summed E-state index contributed by atoms with van der Waals surface area (Å²) in [7, 11) is -1.23. The molecule has 24 heavy (non-hydrogen) atoms. The van der Waals surface area contributed by atoms with E-state index < -0.39 is 10.8 Å². The quantitative estimate of drug-likeness (QED) is 0.896. The molecule has 2 heterocycles. The van der Waals surface area contributed by atoms with Crippen molar-refractivity contribution < 1.29 is 14.1 Å². The highest BCUT2D eigenvalue weighted by Gasteiger charge is 2.22. The van der Waals surface area contributed by atoms with E-state index in [0.717, 1.165) is 11.3 Å². The molecule has 0 radical (unpaired) electrons. The van der Waals surface area contributed by atoms with E-state index in [1.54, 1.807) is 4.90 Å². The zero-order valence-electron chi connectivity index (χ0n) is 13.5. The van der Waals surface area contributed by atoms with Crippen LogP contribution in [0.2, 0.25) is 0 Å². The number of aliphatic hydroxyl groups excluding tert-OH is 1. The van der Waals surface area contributed by atoms with Gasteiger partial charge in [-0.25, -0.2) is 0 Å². The molecule has 1 saturated heterocycles. The van der Waals surface area contributed by atoms with Gasteiger partial charge >= 0.3 is 0 Å². The number of aromatic nitrogens is 1. The third-order valence-electron chi connectivity index (χ3n) is 4.24. The molecule has 0 aliphatic carbocycles. The van der Waals surface area contributed by atoms with E-state index in [0.29, 0.717) is 31.7 Å². The Morgan fingerprint density at radius 2 is 1.88 bits per heavy atom. The van der Waals surface area contributed by atoms with Gasteiger partial charge < -0.3 is 14.6 Å². The van der Waals surface area contributed by atoms with Crippen LogP contribution in [0.25, 0.3) is 5.69 Å². The van der Waals surface area contributed by atoms with Gasteiger partial charge in [0, 0.05) is 47.7 Å². The topological polar surface area (TPSA) is 62.5 Å². The van der Waals surface area contributed by atoms with Gasteiger partial charge in [-0.05, 0) is 42.7 Å². The molecule has 1 aliphatic rings. The molecule has 2 aromatic rings. The van der Waals surface area contributed by atoms with E-state index in [-0.39, 0.29) is 17.8 Å². The van der Waals surface area contributed by atoms with Crippen LogP contribution in [0.5, 0.6) is 0 Å². The number of carbonyl (C=O) groups is 1. The van der Waals surface area contributed by atoms with E-state index in [1.807, 2.05) is 53.4 Å². The number of rotatable bonds is 5. The number of piperidine rings is 1. The summed E-state index contributed by atoms with van der Waals surface area (Å²) in [6.07, 6.45) is 4.83. The van der Waals surface area contributed by atoms with Crippen LogP contribution in [-0.4, -0.2) is 49.6 Å². The summed E-state index contributed by atoms with van der Waals surface area (Å²) in [5, 5.41) is 9.49. The Hall–Kier alpha value is -1.92. The van der Waals surface area contributed by atoms with Crippen LogP contribution in [0.4, 0.5) is 0 Å². The van der Waals surface area contributed by atoms with E-state index >= 15 is 0 Å². The Kier molecular flexibility index (Phi) is 5.48. The highest BCUT2D eigenvalue weighted by atomic mass is 32.2. The monoisotopic (exact) mass is 346 g/mol. The minimum absolute atomic E-state index is 0.0455. The van der Waals surface area contributed by atoms with Crippen LogP contribution in [0, 0.1) is 0 Å². The Bertz CT molecular complexity index is 707. The number of hydrogen-bond donors (Lipinski definition) is 1. The molecule has 1 unspecified atom stereocenters. The maximum absolute atomic E-state index is 12.3. The maximum atomic E-state index is 12.3. The van der Waals surface area contributed by atoms with E-state index in [2.05, 4.69) is 0 Å². The van der Waals surface area contributed by atoms with Gasteiger partial charge in [0.15, 0.2) is 0 Å². The summed E-state index contributed by atoms with van der Waals surface area (Å²) in [5.41, 5.74) is 1.98. The lowest BCUT2D eigenvalue weighted by atomic mass is 10.1. The van der Waals surface area contributed by atoms with Crippen molar-refractivity contribution >= 4 is 16.7 Å². The van der Waals surface area contributed by atoms with Crippen molar-refractivity contribution in [2.75, 3.05) is 18.8 Å². The lowest BCUT2D eigenvalue weighted by Gasteiger charge is -2.29. The summed E-state index contributed by atoms with van der Waals surface area (Å²) in [5.74, 6) is 0.336. The van der Waals surface area contributed by atoms with Gasteiger partial charge in [0.05, 0.1) is 6.10 Å². The van der Waals surface area contributed by atoms with Crippen molar-refractivity contribution in [1.82, 2.24) is 9.47 Å². The number of benzene rings is 1. The Morgan fingerprint density at radius 3 is 2.58 bits per heavy atom. The van der Waals surface area contributed by atoms with Crippen molar-refractivity contribution in [3.8, 4) is 5.69 Å². The number of likely N-dealkylation sites (tertiary alicyclic amines) is 1. The second-order valence-corrected chi connectivity index (χ2v) is 7.56. The summed E-state index contributed by atoms with van der Waals surface area (Å²) in [6.45, 7) is 1.11. The molecule has 0 spiro atoms. The van der Waals surface area contributed by atoms with E-state index in [9.17, 15) is 14.1 Å². The van der Waals surface area contributed by atoms with E-state index in [1.165, 1.54) is 0 Å². The first-order valence-corrected chi connectivity index (χ1v) is 9.64. The molecule has 3 rings (SSSR count). The molecule has 1 aromatic heterocycles. The largest absolute Gasteiger partial charge is 0.393 e. The predicted molar refractivity (Wildman–Crippen MR) is 94.3 cm³/mol. The number of amides is 1. The van der Waals surface area contributed by atoms with Crippen LogP contribution in [0.3, 0.4) is 0 Å². The lowest BCUT2D eigenvalue weighted by molar-refractivity contribution is -0.130. The van der Waals surface area contributed by atoms with E-state index in [4.69, 9.17) is 0 Å². The summed E-state index contributed by atoms with van der Waals surface area (Å²) < 4.78 is 14.3. The zero-order valence-corrected chi connectivity index (χ0v) is 14.3. The molecule has 1 N–H and O–H groups in total. The number of hydrogen-bond acceptors (Lipinski definition) is 3. The van der Waals surface area contributed by atoms with Crippen LogP contribution < -0.4 is 0 Å². The first-order valence-electron chi connectivity index (χ1n) is 8.15. The molecule has 128 valence electrons. The summed E-state index contributed by atoms with van der Waals surface area (Å²) in [6, 6.07) is 11.8. The third-order valence-corrected chi connectivity index (χ3v) is 5.47. The molecule has 6 heteroatoms. The first-order chi connectivity index (χ1) is 11.6. The minimum Gasteiger partial charge on any atom is -0.393 e. The fourth-order valence-electron chi connectivity index (χ4n) is 2.89. The van der Waals surface area contributed by atoms with Gasteiger partial charge in [-0.15, -0.1) is 0 Å². The van der Waals surface area contributed by atoms with Gasteiger partial charge in [-0.3, -0.25) is 9.00 Å². The van der Waals surface area contributed by atoms with Crippen LogP contribution >= 0.6 is 0 Å². The van der Waals surface area contributed by atoms with Crippen molar-refractivity contribution in [3.05, 3.63) is 54.4 Å². The molecule has 5 nitrogen and oxygen atoms in total. The Morgan fingerprint density at radius 1 is 1.17 bits per heavy atom. The molecule has 0 bridgehead atoms. The van der Waals surface area contributed by atoms with Crippen LogP contribution in [0.15, 0.2) is 48.8 Å². The van der Waals surface area contributed by atoms with Crippen LogP contribution in [-0.2, 0) is 21.3 Å². The second kappa shape index (κ2) is 7.77. The van der Waals surface area contributed by atoms with Crippen molar-refractivity contribution in [2.45, 2.75) is 24.7 Å². The highest BCUT2D eigenvalue weighted by Crippen LogP contribution is 2.14. The Balaban J connectivity index is 1.57. The molecule has 1 aromatic carbocycles. The van der Waals surface area contributed by atoms with Gasteiger partial charge in [-0.2, -0.15) is 0 Å². The van der Waals surface area contributed by atoms with Gasteiger partial charge in [0.25, 0.3) is 0 Å². The SMILES string of the molecule is O=C(CS(=O)Cc1cccc(-n2cccc2)c1)N1CCC(O)CC1. The van der Waals surface area contributed by atoms with Gasteiger partial charge in [0.2, 0.25) is 5.91 Å². The molecule has 0 saturated carbocycles. The fraction of sp³-hybridized carbons (Fsp3) is 0.389. The predicted octanol–water partition coefficient (Wildman–Crippen LogP) is 1.71. The average molecular weight is 346 g/mol. The van der Waals surface area contributed by atoms with Crippen molar-refractivity contribution in [1.29, 1.82) is 0 Å². The standard InChI is InChI=1S/C18H22N2O3S/c21-17-6-10-20(11-7-17)18(22)14-24(23)13-15-4-3-5-16(12-15)19-8-1-2-9-19/h1-5,8-9,12,17,21H,6-7,10-11,13-14H2. The second-order valence-electron chi connectivity index (χ2n) is 6.10. The average Bonchev–Trinajstić information content (AvgIpc) is 3.10. The molecule has 1 amide bonds. The lowest BCUT2D eigenvalue weighted by Crippen LogP contribution is -2.42. The minimum atomic E-state index is -1.23. The van der Waals surface area contributed by atoms with Crippen LogP contribution in [0.1, 0.15) is 18.4 Å². The smallest absolute Gasteiger partial charge is 0.235 e. The third kappa shape index (κ3) is 4.33. The molecule has 1 fully saturated rings.